The molecular weight excluding hydrogens is 187 g/mol. The number of hydrogen-bond donors (Lipinski definition) is 3. The lowest BCUT2D eigenvalue weighted by Crippen LogP contribution is -2.39. The first kappa shape index (κ1) is 12.7. The molecular formula is C7H14F3NO2. The average Bonchev–Trinajstić information content (AvgIpc) is 1.95. The van der Waals surface area contributed by atoms with Crippen LogP contribution in [0.1, 0.15) is 13.3 Å². The zero-order chi connectivity index (χ0) is 10.5. The number of aliphatic hydroxyl groups is 2. The van der Waals surface area contributed by atoms with Gasteiger partial charge in [0.25, 0.3) is 0 Å². The van der Waals surface area contributed by atoms with E-state index in [0.29, 0.717) is 6.42 Å². The maximum atomic E-state index is 11.7. The smallest absolute Gasteiger partial charge is 0.393 e. The van der Waals surface area contributed by atoms with E-state index in [2.05, 4.69) is 5.32 Å². The Bertz CT molecular complexity index is 138. The molecule has 2 unspecified atom stereocenters. The summed E-state index contributed by atoms with van der Waals surface area (Å²) in [5.74, 6) is 0. The summed E-state index contributed by atoms with van der Waals surface area (Å²) in [6.07, 6.45) is -7.08. The van der Waals surface area contributed by atoms with E-state index in [-0.39, 0.29) is 6.54 Å². The third-order valence-electron chi connectivity index (χ3n) is 1.45. The number of aliphatic hydroxyl groups excluding tert-OH is 2. The molecule has 0 spiro atoms. The second kappa shape index (κ2) is 5.41. The van der Waals surface area contributed by atoms with Crippen molar-refractivity contribution < 1.29 is 23.4 Å². The molecule has 0 rings (SSSR count). The molecule has 0 saturated heterocycles. The summed E-state index contributed by atoms with van der Waals surface area (Å²) in [6, 6.07) is 0. The molecule has 6 heteroatoms. The number of halogens is 3. The molecule has 0 aromatic rings. The predicted octanol–water partition coefficient (Wildman–Crippen LogP) is 0.270. The Morgan fingerprint density at radius 3 is 2.23 bits per heavy atom. The van der Waals surface area contributed by atoms with Crippen LogP contribution in [0.4, 0.5) is 13.2 Å². The highest BCUT2D eigenvalue weighted by molar-refractivity contribution is 4.67. The molecule has 0 fully saturated rings. The molecule has 3 N–H and O–H groups in total. The van der Waals surface area contributed by atoms with Gasteiger partial charge in [-0.15, -0.1) is 0 Å². The van der Waals surface area contributed by atoms with Crippen molar-refractivity contribution in [2.75, 3.05) is 13.1 Å². The van der Waals surface area contributed by atoms with E-state index in [1.165, 1.54) is 0 Å². The molecule has 0 aliphatic carbocycles. The van der Waals surface area contributed by atoms with Crippen LogP contribution in [0.5, 0.6) is 0 Å². The lowest BCUT2D eigenvalue weighted by Gasteiger charge is -2.15. The van der Waals surface area contributed by atoms with Crippen molar-refractivity contribution in [3.63, 3.8) is 0 Å². The zero-order valence-corrected chi connectivity index (χ0v) is 7.30. The van der Waals surface area contributed by atoms with Gasteiger partial charge in [-0.1, -0.05) is 0 Å². The molecule has 0 amide bonds. The van der Waals surface area contributed by atoms with E-state index in [1.807, 2.05) is 0 Å². The maximum absolute atomic E-state index is 11.7. The van der Waals surface area contributed by atoms with Crippen LogP contribution in [0.25, 0.3) is 0 Å². The van der Waals surface area contributed by atoms with Crippen molar-refractivity contribution >= 4 is 0 Å². The predicted molar refractivity (Wildman–Crippen MR) is 41.2 cm³/mol. The summed E-state index contributed by atoms with van der Waals surface area (Å²) in [5.41, 5.74) is 0. The third kappa shape index (κ3) is 6.80. The highest BCUT2D eigenvalue weighted by Gasteiger charge is 2.37. The van der Waals surface area contributed by atoms with E-state index >= 15 is 0 Å². The summed E-state index contributed by atoms with van der Waals surface area (Å²) in [4.78, 5) is 0. The van der Waals surface area contributed by atoms with Crippen LogP contribution in [0.15, 0.2) is 0 Å². The average molecular weight is 201 g/mol. The maximum Gasteiger partial charge on any atom is 0.415 e. The van der Waals surface area contributed by atoms with Crippen LogP contribution >= 0.6 is 0 Å². The van der Waals surface area contributed by atoms with Gasteiger partial charge >= 0.3 is 6.18 Å². The van der Waals surface area contributed by atoms with Crippen molar-refractivity contribution in [1.29, 1.82) is 0 Å². The zero-order valence-electron chi connectivity index (χ0n) is 7.30. The molecule has 2 atom stereocenters. The van der Waals surface area contributed by atoms with Gasteiger partial charge in [-0.05, 0) is 19.9 Å². The normalized spacial score (nSPS) is 17.1. The Labute approximate surface area is 74.6 Å². The molecule has 0 aliphatic rings. The molecule has 0 heterocycles. The van der Waals surface area contributed by atoms with Gasteiger partial charge in [-0.25, -0.2) is 0 Å². The fourth-order valence-corrected chi connectivity index (χ4v) is 0.665. The second-order valence-corrected chi connectivity index (χ2v) is 2.90. The van der Waals surface area contributed by atoms with Gasteiger partial charge < -0.3 is 15.5 Å². The number of alkyl halides is 3. The first-order chi connectivity index (χ1) is 5.84. The topological polar surface area (TPSA) is 52.5 Å². The van der Waals surface area contributed by atoms with Crippen molar-refractivity contribution in [1.82, 2.24) is 5.32 Å². The fourth-order valence-electron chi connectivity index (χ4n) is 0.665. The van der Waals surface area contributed by atoms with Gasteiger partial charge in [-0.2, -0.15) is 13.2 Å². The van der Waals surface area contributed by atoms with Gasteiger partial charge in [0.1, 0.15) is 0 Å². The number of nitrogens with one attached hydrogen (secondary N) is 1. The minimum Gasteiger partial charge on any atom is -0.393 e. The van der Waals surface area contributed by atoms with Gasteiger partial charge in [0.2, 0.25) is 0 Å². The number of hydrogen-bond acceptors (Lipinski definition) is 3. The molecule has 0 saturated carbocycles. The van der Waals surface area contributed by atoms with Crippen LogP contribution in [0.3, 0.4) is 0 Å². The van der Waals surface area contributed by atoms with Crippen LogP contribution in [-0.4, -0.2) is 41.7 Å². The molecule has 13 heavy (non-hydrogen) atoms. The standard InChI is InChI=1S/C7H14F3NO2/c1-5(12)2-3-11-4-6(13)7(8,9)10/h5-6,11-13H,2-4H2,1H3. The van der Waals surface area contributed by atoms with E-state index in [0.717, 1.165) is 0 Å². The SMILES string of the molecule is CC(O)CCNCC(O)C(F)(F)F. The van der Waals surface area contributed by atoms with E-state index in [1.54, 1.807) is 6.92 Å². The first-order valence-electron chi connectivity index (χ1n) is 3.97. The Balaban J connectivity index is 3.43. The van der Waals surface area contributed by atoms with Crippen molar-refractivity contribution in [2.45, 2.75) is 31.7 Å². The van der Waals surface area contributed by atoms with E-state index in [9.17, 15) is 13.2 Å². The number of rotatable bonds is 5. The van der Waals surface area contributed by atoms with Crippen molar-refractivity contribution in [3.8, 4) is 0 Å². The molecule has 0 aliphatic heterocycles. The quantitative estimate of drug-likeness (QED) is 0.560. The lowest BCUT2D eigenvalue weighted by atomic mass is 10.3. The lowest BCUT2D eigenvalue weighted by molar-refractivity contribution is -0.201. The molecule has 3 nitrogen and oxygen atoms in total. The van der Waals surface area contributed by atoms with Crippen LogP contribution < -0.4 is 5.32 Å². The minimum atomic E-state index is -4.57. The second-order valence-electron chi connectivity index (χ2n) is 2.90. The molecule has 0 aromatic carbocycles. The molecule has 0 radical (unpaired) electrons. The van der Waals surface area contributed by atoms with Gasteiger partial charge in [0, 0.05) is 6.54 Å². The first-order valence-corrected chi connectivity index (χ1v) is 3.97. The largest absolute Gasteiger partial charge is 0.415 e. The van der Waals surface area contributed by atoms with Crippen molar-refractivity contribution in [2.24, 2.45) is 0 Å². The monoisotopic (exact) mass is 201 g/mol. The van der Waals surface area contributed by atoms with Gasteiger partial charge in [-0.3, -0.25) is 0 Å². The summed E-state index contributed by atoms with van der Waals surface area (Å²) in [5, 5.41) is 19.6. The summed E-state index contributed by atoms with van der Waals surface area (Å²) in [7, 11) is 0. The summed E-state index contributed by atoms with van der Waals surface area (Å²) in [6.45, 7) is 1.27. The van der Waals surface area contributed by atoms with Gasteiger partial charge in [0.15, 0.2) is 6.10 Å². The van der Waals surface area contributed by atoms with Crippen molar-refractivity contribution in [3.05, 3.63) is 0 Å². The summed E-state index contributed by atoms with van der Waals surface area (Å²) >= 11 is 0. The molecule has 0 bridgehead atoms. The minimum absolute atomic E-state index is 0.255. The highest BCUT2D eigenvalue weighted by Crippen LogP contribution is 2.18. The molecule has 0 aromatic heterocycles. The van der Waals surface area contributed by atoms with E-state index < -0.39 is 24.9 Å². The highest BCUT2D eigenvalue weighted by atomic mass is 19.4. The van der Waals surface area contributed by atoms with Gasteiger partial charge in [0.05, 0.1) is 6.10 Å². The Morgan fingerprint density at radius 2 is 1.85 bits per heavy atom. The fraction of sp³-hybridized carbons (Fsp3) is 1.00. The van der Waals surface area contributed by atoms with Crippen LogP contribution in [0.2, 0.25) is 0 Å². The van der Waals surface area contributed by atoms with E-state index in [4.69, 9.17) is 10.2 Å². The Kier molecular flexibility index (Phi) is 5.27. The third-order valence-corrected chi connectivity index (χ3v) is 1.45. The van der Waals surface area contributed by atoms with Crippen LogP contribution in [0, 0.1) is 0 Å². The Hall–Kier alpha value is -0.330. The Morgan fingerprint density at radius 1 is 1.31 bits per heavy atom. The molecule has 80 valence electrons. The van der Waals surface area contributed by atoms with Crippen LogP contribution in [-0.2, 0) is 0 Å². The summed E-state index contributed by atoms with van der Waals surface area (Å²) < 4.78 is 35.1.